The quantitative estimate of drug-likeness (QED) is 0.234. The number of benzene rings is 3. The number of aryl methyl sites for hydroxylation is 1. The van der Waals surface area contributed by atoms with E-state index in [0.717, 1.165) is 50.5 Å². The van der Waals surface area contributed by atoms with Crippen LogP contribution in [0.4, 0.5) is 5.69 Å². The molecule has 1 fully saturated rings. The lowest BCUT2D eigenvalue weighted by molar-refractivity contribution is -0.139. The Kier molecular flexibility index (Phi) is 11.1. The molecule has 10 heteroatoms. The van der Waals surface area contributed by atoms with E-state index >= 15 is 0 Å². The number of thioether (sulfide) groups is 1. The minimum Gasteiger partial charge on any atom is -0.352 e. The summed E-state index contributed by atoms with van der Waals surface area (Å²) >= 11 is 5.01. The van der Waals surface area contributed by atoms with Gasteiger partial charge in [0.2, 0.25) is 11.8 Å². The van der Waals surface area contributed by atoms with Crippen LogP contribution >= 0.6 is 27.7 Å². The Morgan fingerprint density at radius 3 is 2.29 bits per heavy atom. The lowest BCUT2D eigenvalue weighted by Gasteiger charge is -2.33. The maximum Gasteiger partial charge on any atom is 0.264 e. The lowest BCUT2D eigenvalue weighted by Crippen LogP contribution is -2.53. The number of hydrogen-bond donors (Lipinski definition) is 1. The third kappa shape index (κ3) is 8.17. The molecular formula is C32H38BrN3O4S2. The Labute approximate surface area is 262 Å². The van der Waals surface area contributed by atoms with Crippen LogP contribution in [0.3, 0.4) is 0 Å². The molecule has 2 amide bonds. The van der Waals surface area contributed by atoms with E-state index in [1.165, 1.54) is 23.1 Å². The highest BCUT2D eigenvalue weighted by Gasteiger charge is 2.33. The van der Waals surface area contributed by atoms with Gasteiger partial charge < -0.3 is 10.2 Å². The highest BCUT2D eigenvalue weighted by Crippen LogP contribution is 2.27. The summed E-state index contributed by atoms with van der Waals surface area (Å²) in [7, 11) is -4.10. The zero-order chi connectivity index (χ0) is 30.3. The fraction of sp³-hybridized carbons (Fsp3) is 0.375. The number of hydrogen-bond acceptors (Lipinski definition) is 5. The summed E-state index contributed by atoms with van der Waals surface area (Å²) < 4.78 is 30.0. The van der Waals surface area contributed by atoms with Crippen LogP contribution < -0.4 is 9.62 Å². The fourth-order valence-electron chi connectivity index (χ4n) is 5.10. The molecule has 0 unspecified atom stereocenters. The van der Waals surface area contributed by atoms with Gasteiger partial charge in [-0.05, 0) is 87.0 Å². The molecule has 224 valence electrons. The first-order valence-electron chi connectivity index (χ1n) is 14.2. The number of carbonyl (C=O) groups is 2. The summed E-state index contributed by atoms with van der Waals surface area (Å²) in [5.74, 6) is -0.700. The molecule has 1 saturated carbocycles. The Balaban J connectivity index is 1.67. The van der Waals surface area contributed by atoms with Gasteiger partial charge in [-0.3, -0.25) is 13.9 Å². The third-order valence-corrected chi connectivity index (χ3v) is 10.6. The highest BCUT2D eigenvalue weighted by atomic mass is 79.9. The van der Waals surface area contributed by atoms with Crippen molar-refractivity contribution >= 4 is 55.2 Å². The molecule has 1 aliphatic rings. The first kappa shape index (κ1) is 32.1. The van der Waals surface area contributed by atoms with Crippen molar-refractivity contribution in [2.24, 2.45) is 0 Å². The van der Waals surface area contributed by atoms with Crippen molar-refractivity contribution in [3.05, 3.63) is 88.4 Å². The molecule has 1 aliphatic carbocycles. The summed E-state index contributed by atoms with van der Waals surface area (Å²) in [4.78, 5) is 30.1. The number of nitrogens with zero attached hydrogens (tertiary/aromatic N) is 2. The number of rotatable bonds is 11. The van der Waals surface area contributed by atoms with Crippen LogP contribution in [0, 0.1) is 6.92 Å². The molecule has 4 rings (SSSR count). The summed E-state index contributed by atoms with van der Waals surface area (Å²) in [5, 5.41) is 3.13. The summed E-state index contributed by atoms with van der Waals surface area (Å²) in [6, 6.07) is 20.5. The molecule has 0 heterocycles. The first-order valence-corrected chi connectivity index (χ1v) is 17.6. The van der Waals surface area contributed by atoms with Crippen molar-refractivity contribution in [1.82, 2.24) is 10.2 Å². The molecule has 1 atom stereocenters. The Morgan fingerprint density at radius 2 is 1.67 bits per heavy atom. The molecule has 1 N–H and O–H groups in total. The lowest BCUT2D eigenvalue weighted by atomic mass is 9.95. The van der Waals surface area contributed by atoms with E-state index in [1.54, 1.807) is 43.3 Å². The van der Waals surface area contributed by atoms with Crippen LogP contribution in [-0.2, 0) is 26.2 Å². The fourth-order valence-corrected chi connectivity index (χ4v) is 7.37. The largest absolute Gasteiger partial charge is 0.352 e. The van der Waals surface area contributed by atoms with E-state index in [1.807, 2.05) is 49.6 Å². The topological polar surface area (TPSA) is 86.8 Å². The van der Waals surface area contributed by atoms with Crippen LogP contribution in [0.15, 0.2) is 87.1 Å². The van der Waals surface area contributed by atoms with E-state index < -0.39 is 28.5 Å². The number of sulfonamides is 1. The Hall–Kier alpha value is -2.82. The van der Waals surface area contributed by atoms with Crippen molar-refractivity contribution in [2.75, 3.05) is 17.1 Å². The molecule has 0 spiro atoms. The Bertz CT molecular complexity index is 1470. The van der Waals surface area contributed by atoms with Crippen molar-refractivity contribution in [1.29, 1.82) is 0 Å². The van der Waals surface area contributed by atoms with Gasteiger partial charge in [-0.25, -0.2) is 8.42 Å². The number of carbonyl (C=O) groups excluding carboxylic acids is 2. The van der Waals surface area contributed by atoms with E-state index in [9.17, 15) is 18.0 Å². The van der Waals surface area contributed by atoms with Crippen molar-refractivity contribution in [2.45, 2.75) is 74.4 Å². The van der Waals surface area contributed by atoms with Gasteiger partial charge in [0, 0.05) is 22.0 Å². The van der Waals surface area contributed by atoms with Crippen molar-refractivity contribution in [3.63, 3.8) is 0 Å². The average Bonchev–Trinajstić information content (AvgIpc) is 2.99. The first-order chi connectivity index (χ1) is 20.1. The minimum absolute atomic E-state index is 0.0882. The predicted octanol–water partition coefficient (Wildman–Crippen LogP) is 6.54. The number of halogens is 1. The molecule has 0 saturated heterocycles. The Morgan fingerprint density at radius 1 is 1.00 bits per heavy atom. The van der Waals surface area contributed by atoms with Gasteiger partial charge in [0.05, 0.1) is 10.6 Å². The van der Waals surface area contributed by atoms with Gasteiger partial charge in [-0.1, -0.05) is 65.0 Å². The molecule has 0 aromatic heterocycles. The van der Waals surface area contributed by atoms with E-state index in [2.05, 4.69) is 21.2 Å². The molecular weight excluding hydrogens is 634 g/mol. The molecule has 3 aromatic rings. The SMILES string of the molecule is CSc1ccc(S(=O)(=O)N(CC(=O)N(Cc2cccc(Br)c2)[C@H](C)C(=O)NC2CCCCC2)c2ccc(C)cc2)cc1. The van der Waals surface area contributed by atoms with E-state index in [0.29, 0.717) is 5.69 Å². The zero-order valence-electron chi connectivity index (χ0n) is 24.3. The second-order valence-corrected chi connectivity index (χ2v) is 14.4. The van der Waals surface area contributed by atoms with Crippen LogP contribution in [0.2, 0.25) is 0 Å². The van der Waals surface area contributed by atoms with Crippen LogP contribution in [0.5, 0.6) is 0 Å². The predicted molar refractivity (Wildman–Crippen MR) is 173 cm³/mol. The van der Waals surface area contributed by atoms with E-state index in [-0.39, 0.29) is 23.4 Å². The number of nitrogens with one attached hydrogen (secondary N) is 1. The molecule has 0 aliphatic heterocycles. The van der Waals surface area contributed by atoms with Gasteiger partial charge in [-0.15, -0.1) is 11.8 Å². The molecule has 3 aromatic carbocycles. The van der Waals surface area contributed by atoms with Gasteiger partial charge >= 0.3 is 0 Å². The van der Waals surface area contributed by atoms with Crippen molar-refractivity contribution in [3.8, 4) is 0 Å². The third-order valence-electron chi connectivity index (χ3n) is 7.61. The summed E-state index contributed by atoms with van der Waals surface area (Å²) in [5.41, 5.74) is 2.17. The highest BCUT2D eigenvalue weighted by molar-refractivity contribution is 9.10. The second-order valence-electron chi connectivity index (χ2n) is 10.7. The smallest absolute Gasteiger partial charge is 0.264 e. The monoisotopic (exact) mass is 671 g/mol. The van der Waals surface area contributed by atoms with Crippen LogP contribution in [0.25, 0.3) is 0 Å². The maximum atomic E-state index is 14.1. The van der Waals surface area contributed by atoms with Gasteiger partial charge in [0.25, 0.3) is 10.0 Å². The zero-order valence-corrected chi connectivity index (χ0v) is 27.5. The molecule has 0 radical (unpaired) electrons. The maximum absolute atomic E-state index is 14.1. The van der Waals surface area contributed by atoms with Gasteiger partial charge in [0.1, 0.15) is 12.6 Å². The summed E-state index contributed by atoms with van der Waals surface area (Å²) in [6.07, 6.45) is 7.08. The molecule has 42 heavy (non-hydrogen) atoms. The minimum atomic E-state index is -4.10. The van der Waals surface area contributed by atoms with Crippen LogP contribution in [0.1, 0.15) is 50.2 Å². The van der Waals surface area contributed by atoms with Gasteiger partial charge in [0.15, 0.2) is 0 Å². The van der Waals surface area contributed by atoms with Gasteiger partial charge in [-0.2, -0.15) is 0 Å². The van der Waals surface area contributed by atoms with E-state index in [4.69, 9.17) is 0 Å². The average molecular weight is 673 g/mol. The second kappa shape index (κ2) is 14.6. The normalized spacial score (nSPS) is 14.7. The van der Waals surface area contributed by atoms with Crippen molar-refractivity contribution < 1.29 is 18.0 Å². The summed E-state index contributed by atoms with van der Waals surface area (Å²) in [6.45, 7) is 3.33. The van der Waals surface area contributed by atoms with Crippen LogP contribution in [-0.4, -0.2) is 50.0 Å². The molecule has 7 nitrogen and oxygen atoms in total. The number of anilines is 1. The molecule has 0 bridgehead atoms. The number of amides is 2. The standard InChI is InChI=1S/C32H38BrN3O4S2/c1-23-12-14-28(15-13-23)36(42(39,40)30-18-16-29(41-3)17-19-30)22-31(37)35(21-25-8-7-9-26(33)20-25)24(2)32(38)34-27-10-5-4-6-11-27/h7-9,12-20,24,27H,4-6,10-11,21-22H2,1-3H3,(H,34,38)/t24-/m1/s1.